The third-order valence-corrected chi connectivity index (χ3v) is 3.16. The molecule has 0 aliphatic heterocycles. The highest BCUT2D eigenvalue weighted by atomic mass is 16.4. The Kier molecular flexibility index (Phi) is 5.91. The van der Waals surface area contributed by atoms with Crippen LogP contribution in [-0.4, -0.2) is 40.9 Å². The van der Waals surface area contributed by atoms with Crippen LogP contribution in [-0.2, 0) is 4.79 Å². The largest absolute Gasteiger partial charge is 0.480 e. The second-order valence-corrected chi connectivity index (χ2v) is 4.81. The fourth-order valence-electron chi connectivity index (χ4n) is 1.86. The Morgan fingerprint density at radius 2 is 2.00 bits per heavy atom. The molecule has 1 rings (SSSR count). The van der Waals surface area contributed by atoms with E-state index < -0.39 is 18.0 Å². The van der Waals surface area contributed by atoms with E-state index in [1.165, 1.54) is 12.8 Å². The van der Waals surface area contributed by atoms with Crippen molar-refractivity contribution in [3.8, 4) is 0 Å². The highest BCUT2D eigenvalue weighted by Gasteiger charge is 2.26. The molecule has 0 aromatic rings. The minimum absolute atomic E-state index is 0.0160. The average Bonchev–Trinajstić information content (AvgIpc) is 3.11. The molecule has 0 saturated heterocycles. The Balaban J connectivity index is 2.34. The van der Waals surface area contributed by atoms with Crippen LogP contribution >= 0.6 is 0 Å². The Bertz CT molecular complexity index is 292. The monoisotopic (exact) mass is 258 g/mol. The number of aliphatic hydroxyl groups excluding tert-OH is 1. The number of rotatable bonds is 8. The highest BCUT2D eigenvalue weighted by Crippen LogP contribution is 2.33. The Hall–Kier alpha value is -1.30. The molecule has 0 heterocycles. The Morgan fingerprint density at radius 1 is 1.33 bits per heavy atom. The van der Waals surface area contributed by atoms with Crippen molar-refractivity contribution in [3.63, 3.8) is 0 Å². The minimum Gasteiger partial charge on any atom is -0.480 e. The number of nitrogens with one attached hydrogen (secondary N) is 2. The number of hydrogen-bond acceptors (Lipinski definition) is 3. The van der Waals surface area contributed by atoms with Crippen LogP contribution in [0.1, 0.15) is 39.0 Å². The summed E-state index contributed by atoms with van der Waals surface area (Å²) in [5, 5.41) is 22.7. The third-order valence-electron chi connectivity index (χ3n) is 3.16. The number of carboxylic acids is 1. The molecule has 1 aliphatic carbocycles. The molecule has 0 aromatic heterocycles. The number of carbonyl (C=O) groups excluding carboxylic acids is 1. The summed E-state index contributed by atoms with van der Waals surface area (Å²) in [6.07, 6.45) is 4.26. The van der Waals surface area contributed by atoms with E-state index in [4.69, 9.17) is 10.2 Å². The normalized spacial score (nSPS) is 17.9. The van der Waals surface area contributed by atoms with Gasteiger partial charge in [-0.2, -0.15) is 0 Å². The molecule has 1 unspecified atom stereocenters. The van der Waals surface area contributed by atoms with Crippen LogP contribution < -0.4 is 10.6 Å². The second-order valence-electron chi connectivity index (χ2n) is 4.81. The first-order valence-electron chi connectivity index (χ1n) is 6.47. The van der Waals surface area contributed by atoms with E-state index in [2.05, 4.69) is 10.6 Å². The van der Waals surface area contributed by atoms with Gasteiger partial charge in [0.15, 0.2) is 0 Å². The number of hydrogen-bond donors (Lipinski definition) is 4. The zero-order valence-corrected chi connectivity index (χ0v) is 10.7. The molecule has 2 atom stereocenters. The summed E-state index contributed by atoms with van der Waals surface area (Å²) in [6.45, 7) is 1.73. The molecule has 0 radical (unpaired) electrons. The van der Waals surface area contributed by atoms with Crippen LogP contribution in [0.4, 0.5) is 4.79 Å². The lowest BCUT2D eigenvalue weighted by Crippen LogP contribution is -2.49. The van der Waals surface area contributed by atoms with Gasteiger partial charge in [0.05, 0.1) is 0 Å². The van der Waals surface area contributed by atoms with Crippen LogP contribution in [0, 0.1) is 5.92 Å². The zero-order chi connectivity index (χ0) is 13.5. The second kappa shape index (κ2) is 7.20. The smallest absolute Gasteiger partial charge is 0.326 e. The maximum Gasteiger partial charge on any atom is 0.326 e. The third kappa shape index (κ3) is 5.35. The van der Waals surface area contributed by atoms with E-state index in [1.807, 2.05) is 6.92 Å². The lowest BCUT2D eigenvalue weighted by Gasteiger charge is -2.19. The summed E-state index contributed by atoms with van der Waals surface area (Å²) in [7, 11) is 0. The molecular weight excluding hydrogens is 236 g/mol. The van der Waals surface area contributed by atoms with Crippen molar-refractivity contribution >= 4 is 12.0 Å². The van der Waals surface area contributed by atoms with E-state index in [9.17, 15) is 9.59 Å². The van der Waals surface area contributed by atoms with Crippen molar-refractivity contribution in [2.24, 2.45) is 5.92 Å². The van der Waals surface area contributed by atoms with Gasteiger partial charge >= 0.3 is 12.0 Å². The van der Waals surface area contributed by atoms with E-state index in [0.29, 0.717) is 5.92 Å². The maximum atomic E-state index is 11.6. The van der Waals surface area contributed by atoms with Crippen LogP contribution in [0.15, 0.2) is 0 Å². The lowest BCUT2D eigenvalue weighted by atomic mass is 10.1. The van der Waals surface area contributed by atoms with Gasteiger partial charge in [0.2, 0.25) is 0 Å². The molecule has 6 heteroatoms. The Morgan fingerprint density at radius 3 is 2.44 bits per heavy atom. The van der Waals surface area contributed by atoms with Crippen molar-refractivity contribution in [3.05, 3.63) is 0 Å². The van der Waals surface area contributed by atoms with Gasteiger partial charge in [0, 0.05) is 19.1 Å². The number of carboxylic acid groups (broad SMARTS) is 1. The Labute approximate surface area is 107 Å². The van der Waals surface area contributed by atoms with Crippen molar-refractivity contribution < 1.29 is 19.8 Å². The number of amides is 2. The van der Waals surface area contributed by atoms with Crippen LogP contribution in [0.3, 0.4) is 0 Å². The van der Waals surface area contributed by atoms with Gasteiger partial charge in [-0.1, -0.05) is 19.8 Å². The summed E-state index contributed by atoms with van der Waals surface area (Å²) in [5.74, 6) is -0.419. The first kappa shape index (κ1) is 14.8. The first-order chi connectivity index (χ1) is 8.56. The van der Waals surface area contributed by atoms with Gasteiger partial charge in [-0.05, 0) is 18.8 Å². The fourth-order valence-corrected chi connectivity index (χ4v) is 1.86. The molecule has 1 aliphatic rings. The van der Waals surface area contributed by atoms with Gasteiger partial charge in [-0.3, -0.25) is 0 Å². The molecule has 18 heavy (non-hydrogen) atoms. The topological polar surface area (TPSA) is 98.7 Å². The molecule has 0 aromatic carbocycles. The van der Waals surface area contributed by atoms with Crippen LogP contribution in [0.25, 0.3) is 0 Å². The molecule has 2 amide bonds. The van der Waals surface area contributed by atoms with Gasteiger partial charge in [-0.25, -0.2) is 9.59 Å². The van der Waals surface area contributed by atoms with Gasteiger partial charge in [-0.15, -0.1) is 0 Å². The predicted molar refractivity (Wildman–Crippen MR) is 66.2 cm³/mol. The summed E-state index contributed by atoms with van der Waals surface area (Å²) in [4.78, 5) is 22.5. The average molecular weight is 258 g/mol. The summed E-state index contributed by atoms with van der Waals surface area (Å²) in [5.41, 5.74) is 0. The number of urea groups is 1. The highest BCUT2D eigenvalue weighted by molar-refractivity contribution is 5.82. The van der Waals surface area contributed by atoms with Crippen molar-refractivity contribution in [2.75, 3.05) is 6.61 Å². The van der Waals surface area contributed by atoms with E-state index in [0.717, 1.165) is 12.8 Å². The van der Waals surface area contributed by atoms with Gasteiger partial charge in [0.1, 0.15) is 6.04 Å². The first-order valence-corrected chi connectivity index (χ1v) is 6.47. The molecule has 104 valence electrons. The number of aliphatic hydroxyl groups is 1. The van der Waals surface area contributed by atoms with Crippen molar-refractivity contribution in [1.82, 2.24) is 10.6 Å². The maximum absolute atomic E-state index is 11.6. The standard InChI is InChI=1S/C12H22N2O4/c1-2-9(7-8-3-4-8)13-12(18)14-10(5-6-15)11(16)17/h8-10,15H,2-7H2,1H3,(H,16,17)(H2,13,14,18)/t9?,10-/m0/s1. The zero-order valence-electron chi connectivity index (χ0n) is 10.7. The SMILES string of the molecule is CCC(CC1CC1)NC(=O)N[C@@H](CCO)C(=O)O. The summed E-state index contributed by atoms with van der Waals surface area (Å²) >= 11 is 0. The van der Waals surface area contributed by atoms with E-state index in [-0.39, 0.29) is 19.1 Å². The van der Waals surface area contributed by atoms with Crippen LogP contribution in [0.5, 0.6) is 0 Å². The molecule has 4 N–H and O–H groups in total. The molecule has 6 nitrogen and oxygen atoms in total. The molecule has 1 saturated carbocycles. The number of carbonyl (C=O) groups is 2. The molecule has 0 spiro atoms. The predicted octanol–water partition coefficient (Wildman–Crippen LogP) is 0.700. The molecular formula is C12H22N2O4. The number of aliphatic carboxylic acids is 1. The summed E-state index contributed by atoms with van der Waals surface area (Å²) < 4.78 is 0. The molecule has 1 fully saturated rings. The van der Waals surface area contributed by atoms with Gasteiger partial charge in [0.25, 0.3) is 0 Å². The quantitative estimate of drug-likeness (QED) is 0.515. The fraction of sp³-hybridized carbons (Fsp3) is 0.833. The van der Waals surface area contributed by atoms with Crippen molar-refractivity contribution in [1.29, 1.82) is 0 Å². The van der Waals surface area contributed by atoms with Gasteiger partial charge < -0.3 is 20.8 Å². The lowest BCUT2D eigenvalue weighted by molar-refractivity contribution is -0.139. The summed E-state index contributed by atoms with van der Waals surface area (Å²) in [6, 6.07) is -1.40. The van der Waals surface area contributed by atoms with E-state index >= 15 is 0 Å². The van der Waals surface area contributed by atoms with Crippen LogP contribution in [0.2, 0.25) is 0 Å². The van der Waals surface area contributed by atoms with E-state index in [1.54, 1.807) is 0 Å². The minimum atomic E-state index is -1.13. The molecule has 0 bridgehead atoms. The van der Waals surface area contributed by atoms with Crippen molar-refractivity contribution in [2.45, 2.75) is 51.1 Å².